The maximum atomic E-state index is 5.13. The molecule has 0 fully saturated rings. The Morgan fingerprint density at radius 2 is 2.16 bits per heavy atom. The molecule has 0 spiro atoms. The van der Waals surface area contributed by atoms with Gasteiger partial charge in [0.25, 0.3) is 0 Å². The Kier molecular flexibility index (Phi) is 7.35. The minimum atomic E-state index is 0.631. The molecule has 1 aromatic carbocycles. The summed E-state index contributed by atoms with van der Waals surface area (Å²) in [7, 11) is 1.70. The van der Waals surface area contributed by atoms with E-state index >= 15 is 0 Å². The minimum absolute atomic E-state index is 0.631. The van der Waals surface area contributed by atoms with Crippen LogP contribution in [0.4, 0.5) is 0 Å². The third-order valence-electron chi connectivity index (χ3n) is 2.48. The summed E-state index contributed by atoms with van der Waals surface area (Å²) in [4.78, 5) is 4.53. The second-order valence-corrected chi connectivity index (χ2v) is 4.12. The van der Waals surface area contributed by atoms with Crippen molar-refractivity contribution in [2.24, 2.45) is 4.99 Å². The van der Waals surface area contributed by atoms with Crippen LogP contribution in [0.25, 0.3) is 0 Å². The minimum Gasteiger partial charge on any atom is -0.380 e. The van der Waals surface area contributed by atoms with Crippen LogP contribution in [-0.2, 0) is 17.9 Å². The van der Waals surface area contributed by atoms with Crippen molar-refractivity contribution >= 4 is 5.96 Å². The van der Waals surface area contributed by atoms with E-state index in [1.165, 1.54) is 11.1 Å². The summed E-state index contributed by atoms with van der Waals surface area (Å²) in [6, 6.07) is 8.27. The van der Waals surface area contributed by atoms with Gasteiger partial charge in [0.05, 0.1) is 13.2 Å². The molecule has 0 saturated carbocycles. The molecule has 0 amide bonds. The van der Waals surface area contributed by atoms with Gasteiger partial charge in [0, 0.05) is 20.2 Å². The van der Waals surface area contributed by atoms with Gasteiger partial charge in [0.15, 0.2) is 5.96 Å². The summed E-state index contributed by atoms with van der Waals surface area (Å²) >= 11 is 0. The van der Waals surface area contributed by atoms with E-state index in [1.54, 1.807) is 7.11 Å². The van der Waals surface area contributed by atoms with Crippen LogP contribution in [0.3, 0.4) is 0 Å². The first kappa shape index (κ1) is 15.2. The molecule has 0 aliphatic rings. The number of guanidine groups is 1. The summed E-state index contributed by atoms with van der Waals surface area (Å²) in [5, 5.41) is 6.37. The van der Waals surface area contributed by atoms with Gasteiger partial charge in [-0.1, -0.05) is 30.3 Å². The quantitative estimate of drug-likeness (QED) is 0.449. The highest BCUT2D eigenvalue weighted by Crippen LogP contribution is 2.07. The molecule has 0 saturated heterocycles. The van der Waals surface area contributed by atoms with E-state index in [4.69, 9.17) is 4.74 Å². The standard InChI is InChI=1S/C15H23N3O/c1-4-9-17-15(16-5-2)18-11-13-7-6-8-14(10-13)12-19-3/h4,6-8,10H,1,5,9,11-12H2,2-3H3,(H2,16,17,18). The van der Waals surface area contributed by atoms with E-state index in [1.807, 2.05) is 19.1 Å². The van der Waals surface area contributed by atoms with Crippen LogP contribution in [0.5, 0.6) is 0 Å². The zero-order valence-electron chi connectivity index (χ0n) is 11.8. The predicted molar refractivity (Wildman–Crippen MR) is 80.2 cm³/mol. The van der Waals surface area contributed by atoms with Crippen LogP contribution in [0, 0.1) is 0 Å². The summed E-state index contributed by atoms with van der Waals surface area (Å²) in [6.07, 6.45) is 1.81. The third-order valence-corrected chi connectivity index (χ3v) is 2.48. The highest BCUT2D eigenvalue weighted by Gasteiger charge is 1.97. The first-order chi connectivity index (χ1) is 9.30. The van der Waals surface area contributed by atoms with Crippen molar-refractivity contribution in [1.82, 2.24) is 10.6 Å². The second-order valence-electron chi connectivity index (χ2n) is 4.12. The Bertz CT molecular complexity index is 416. The number of rotatable bonds is 7. The van der Waals surface area contributed by atoms with Crippen molar-refractivity contribution in [2.45, 2.75) is 20.1 Å². The van der Waals surface area contributed by atoms with Crippen molar-refractivity contribution in [3.63, 3.8) is 0 Å². The van der Waals surface area contributed by atoms with E-state index < -0.39 is 0 Å². The van der Waals surface area contributed by atoms with Crippen LogP contribution in [0.2, 0.25) is 0 Å². The molecule has 0 radical (unpaired) electrons. The van der Waals surface area contributed by atoms with Crippen molar-refractivity contribution in [1.29, 1.82) is 0 Å². The van der Waals surface area contributed by atoms with Crippen molar-refractivity contribution < 1.29 is 4.74 Å². The monoisotopic (exact) mass is 261 g/mol. The van der Waals surface area contributed by atoms with Gasteiger partial charge in [-0.2, -0.15) is 0 Å². The largest absolute Gasteiger partial charge is 0.380 e. The molecule has 4 heteroatoms. The smallest absolute Gasteiger partial charge is 0.191 e. The number of ether oxygens (including phenoxy) is 1. The van der Waals surface area contributed by atoms with Crippen molar-refractivity contribution in [3.8, 4) is 0 Å². The molecule has 0 unspecified atom stereocenters. The van der Waals surface area contributed by atoms with Crippen LogP contribution in [-0.4, -0.2) is 26.2 Å². The van der Waals surface area contributed by atoms with Gasteiger partial charge in [-0.3, -0.25) is 0 Å². The lowest BCUT2D eigenvalue weighted by atomic mass is 10.1. The molecule has 0 bridgehead atoms. The maximum absolute atomic E-state index is 5.13. The summed E-state index contributed by atoms with van der Waals surface area (Å²) < 4.78 is 5.13. The number of hydrogen-bond acceptors (Lipinski definition) is 2. The third kappa shape index (κ3) is 6.06. The van der Waals surface area contributed by atoms with Gasteiger partial charge in [-0.05, 0) is 18.1 Å². The van der Waals surface area contributed by atoms with Gasteiger partial charge >= 0.3 is 0 Å². The van der Waals surface area contributed by atoms with Crippen molar-refractivity contribution in [2.75, 3.05) is 20.2 Å². The fourth-order valence-electron chi connectivity index (χ4n) is 1.67. The van der Waals surface area contributed by atoms with E-state index in [0.29, 0.717) is 19.7 Å². The lowest BCUT2D eigenvalue weighted by Gasteiger charge is -2.09. The molecule has 4 nitrogen and oxygen atoms in total. The Balaban J connectivity index is 2.64. The lowest BCUT2D eigenvalue weighted by Crippen LogP contribution is -2.37. The zero-order valence-corrected chi connectivity index (χ0v) is 11.8. The maximum Gasteiger partial charge on any atom is 0.191 e. The first-order valence-electron chi connectivity index (χ1n) is 6.50. The lowest BCUT2D eigenvalue weighted by molar-refractivity contribution is 0.185. The number of aliphatic imine (C=N–C) groups is 1. The Hall–Kier alpha value is -1.81. The molecule has 0 aromatic heterocycles. The molecule has 2 N–H and O–H groups in total. The van der Waals surface area contributed by atoms with Crippen LogP contribution in [0.15, 0.2) is 41.9 Å². The van der Waals surface area contributed by atoms with Gasteiger partial charge in [-0.25, -0.2) is 4.99 Å². The molecule has 104 valence electrons. The number of benzene rings is 1. The SMILES string of the molecule is C=CCNC(=NCc1cccc(COC)c1)NCC. The molecule has 19 heavy (non-hydrogen) atoms. The molecular formula is C15H23N3O. The van der Waals surface area contributed by atoms with E-state index in [2.05, 4.69) is 40.4 Å². The number of methoxy groups -OCH3 is 1. The topological polar surface area (TPSA) is 45.7 Å². The number of nitrogens with one attached hydrogen (secondary N) is 2. The Morgan fingerprint density at radius 1 is 1.37 bits per heavy atom. The zero-order chi connectivity index (χ0) is 13.9. The summed E-state index contributed by atoms with van der Waals surface area (Å²) in [5.74, 6) is 0.805. The van der Waals surface area contributed by atoms with Gasteiger partial charge in [-0.15, -0.1) is 6.58 Å². The van der Waals surface area contributed by atoms with Gasteiger partial charge < -0.3 is 15.4 Å². The normalized spacial score (nSPS) is 11.2. The molecule has 1 aromatic rings. The molecule has 0 atom stereocenters. The average Bonchev–Trinajstić information content (AvgIpc) is 2.43. The highest BCUT2D eigenvalue weighted by molar-refractivity contribution is 5.79. The molecule has 0 aliphatic carbocycles. The van der Waals surface area contributed by atoms with E-state index in [-0.39, 0.29) is 0 Å². The van der Waals surface area contributed by atoms with Crippen LogP contribution >= 0.6 is 0 Å². The van der Waals surface area contributed by atoms with Crippen LogP contribution < -0.4 is 10.6 Å². The molecule has 0 aliphatic heterocycles. The summed E-state index contributed by atoms with van der Waals surface area (Å²) in [5.41, 5.74) is 2.34. The van der Waals surface area contributed by atoms with Gasteiger partial charge in [0.1, 0.15) is 0 Å². The number of nitrogens with zero attached hydrogens (tertiary/aromatic N) is 1. The predicted octanol–water partition coefficient (Wildman–Crippen LogP) is 2.07. The molecule has 1 rings (SSSR count). The summed E-state index contributed by atoms with van der Waals surface area (Å²) in [6.45, 7) is 8.55. The van der Waals surface area contributed by atoms with E-state index in [9.17, 15) is 0 Å². The molecule has 0 heterocycles. The van der Waals surface area contributed by atoms with Gasteiger partial charge in [0.2, 0.25) is 0 Å². The average molecular weight is 261 g/mol. The second kappa shape index (κ2) is 9.16. The highest BCUT2D eigenvalue weighted by atomic mass is 16.5. The first-order valence-corrected chi connectivity index (χ1v) is 6.50. The van der Waals surface area contributed by atoms with Crippen LogP contribution in [0.1, 0.15) is 18.1 Å². The Morgan fingerprint density at radius 3 is 2.84 bits per heavy atom. The fraction of sp³-hybridized carbons (Fsp3) is 0.400. The molecular weight excluding hydrogens is 238 g/mol. The van der Waals surface area contributed by atoms with E-state index in [0.717, 1.165) is 12.5 Å². The number of hydrogen-bond donors (Lipinski definition) is 2. The van der Waals surface area contributed by atoms with Crippen molar-refractivity contribution in [3.05, 3.63) is 48.0 Å². The fourth-order valence-corrected chi connectivity index (χ4v) is 1.67. The Labute approximate surface area is 115 Å².